The van der Waals surface area contributed by atoms with Gasteiger partial charge in [0.05, 0.1) is 0 Å². The van der Waals surface area contributed by atoms with Gasteiger partial charge in [0, 0.05) is 19.4 Å². The Balaban J connectivity index is 2.18. The first-order valence-electron chi connectivity index (χ1n) is 5.21. The monoisotopic (exact) mass is 221 g/mol. The maximum Gasteiger partial charge on any atom is 0.404 e. The Hall–Kier alpha value is -1.84. The molecule has 0 atom stereocenters. The summed E-state index contributed by atoms with van der Waals surface area (Å²) in [5, 5.41) is 10.5. The molecule has 4 heteroatoms. The van der Waals surface area contributed by atoms with Crippen LogP contribution in [0.2, 0.25) is 0 Å². The molecule has 0 fully saturated rings. The van der Waals surface area contributed by atoms with E-state index in [1.807, 2.05) is 30.3 Å². The van der Waals surface area contributed by atoms with Crippen LogP contribution in [0.5, 0.6) is 0 Å². The Kier molecular flexibility index (Phi) is 5.05. The molecule has 0 spiro atoms. The summed E-state index contributed by atoms with van der Waals surface area (Å²) in [7, 11) is 0. The summed E-state index contributed by atoms with van der Waals surface area (Å²) in [5.41, 5.74) is 1.13. The maximum atomic E-state index is 11.4. The van der Waals surface area contributed by atoms with Crippen LogP contribution in [0.4, 0.5) is 4.79 Å². The molecule has 4 nitrogen and oxygen atoms in total. The molecule has 0 aliphatic heterocycles. The molecular formula is C12H15NO3. The first-order valence-corrected chi connectivity index (χ1v) is 5.21. The molecule has 0 saturated carbocycles. The van der Waals surface area contributed by atoms with Crippen molar-refractivity contribution in [2.45, 2.75) is 19.3 Å². The van der Waals surface area contributed by atoms with E-state index in [4.69, 9.17) is 5.11 Å². The lowest BCUT2D eigenvalue weighted by Crippen LogP contribution is -2.23. The number of hydrogen-bond donors (Lipinski definition) is 2. The van der Waals surface area contributed by atoms with E-state index in [0.29, 0.717) is 12.8 Å². The van der Waals surface area contributed by atoms with Gasteiger partial charge < -0.3 is 10.4 Å². The van der Waals surface area contributed by atoms with Crippen LogP contribution in [0.3, 0.4) is 0 Å². The third-order valence-electron chi connectivity index (χ3n) is 2.22. The fourth-order valence-corrected chi connectivity index (χ4v) is 1.36. The molecule has 1 aromatic carbocycles. The molecule has 1 rings (SSSR count). The molecule has 0 radical (unpaired) electrons. The molecule has 0 saturated heterocycles. The van der Waals surface area contributed by atoms with Gasteiger partial charge in [-0.15, -0.1) is 0 Å². The number of carboxylic acid groups (broad SMARTS) is 1. The Morgan fingerprint density at radius 3 is 2.44 bits per heavy atom. The number of carbonyl (C=O) groups excluding carboxylic acids is 1. The lowest BCUT2D eigenvalue weighted by Gasteiger charge is -2.01. The minimum absolute atomic E-state index is 0.0811. The van der Waals surface area contributed by atoms with Crippen molar-refractivity contribution in [2.75, 3.05) is 6.54 Å². The Labute approximate surface area is 94.3 Å². The predicted molar refractivity (Wildman–Crippen MR) is 60.4 cm³/mol. The predicted octanol–water partition coefficient (Wildman–Crippen LogP) is 1.85. The van der Waals surface area contributed by atoms with Crippen molar-refractivity contribution in [1.29, 1.82) is 0 Å². The van der Waals surface area contributed by atoms with Crippen molar-refractivity contribution in [1.82, 2.24) is 5.32 Å². The number of benzene rings is 1. The normalized spacial score (nSPS) is 9.75. The van der Waals surface area contributed by atoms with Gasteiger partial charge >= 0.3 is 6.09 Å². The fourth-order valence-electron chi connectivity index (χ4n) is 1.36. The molecule has 0 aromatic heterocycles. The molecule has 16 heavy (non-hydrogen) atoms. The maximum absolute atomic E-state index is 11.4. The Morgan fingerprint density at radius 1 is 1.12 bits per heavy atom. The fraction of sp³-hybridized carbons (Fsp3) is 0.333. The second-order valence-electron chi connectivity index (χ2n) is 3.51. The highest BCUT2D eigenvalue weighted by atomic mass is 16.4. The second kappa shape index (κ2) is 6.61. The topological polar surface area (TPSA) is 66.4 Å². The standard InChI is InChI=1S/C12H15NO3/c14-11(8-9-13-12(15)16)7-6-10-4-2-1-3-5-10/h1-5,13H,6-9H2,(H,15,16). The lowest BCUT2D eigenvalue weighted by atomic mass is 10.1. The van der Waals surface area contributed by atoms with Gasteiger partial charge in [-0.2, -0.15) is 0 Å². The molecule has 0 aliphatic carbocycles. The first kappa shape index (κ1) is 12.2. The van der Waals surface area contributed by atoms with E-state index in [1.54, 1.807) is 0 Å². The molecule has 1 aromatic rings. The van der Waals surface area contributed by atoms with Crippen molar-refractivity contribution < 1.29 is 14.7 Å². The molecule has 86 valence electrons. The van der Waals surface area contributed by atoms with Crippen LogP contribution >= 0.6 is 0 Å². The largest absolute Gasteiger partial charge is 0.465 e. The summed E-state index contributed by atoms with van der Waals surface area (Å²) in [5.74, 6) is 0.0811. The molecule has 1 amide bonds. The third kappa shape index (κ3) is 5.14. The van der Waals surface area contributed by atoms with Gasteiger partial charge in [0.2, 0.25) is 0 Å². The smallest absolute Gasteiger partial charge is 0.404 e. The van der Waals surface area contributed by atoms with E-state index in [0.717, 1.165) is 5.56 Å². The van der Waals surface area contributed by atoms with Gasteiger partial charge in [0.1, 0.15) is 5.78 Å². The quantitative estimate of drug-likeness (QED) is 0.770. The average molecular weight is 221 g/mol. The van der Waals surface area contributed by atoms with E-state index >= 15 is 0 Å². The Morgan fingerprint density at radius 2 is 1.81 bits per heavy atom. The third-order valence-corrected chi connectivity index (χ3v) is 2.22. The SMILES string of the molecule is O=C(CCNC(=O)O)CCc1ccccc1. The van der Waals surface area contributed by atoms with Crippen molar-refractivity contribution in [2.24, 2.45) is 0 Å². The highest BCUT2D eigenvalue weighted by Gasteiger charge is 2.03. The van der Waals surface area contributed by atoms with Gasteiger partial charge in [0.25, 0.3) is 0 Å². The number of aryl methyl sites for hydroxylation is 1. The van der Waals surface area contributed by atoms with Crippen molar-refractivity contribution >= 4 is 11.9 Å². The summed E-state index contributed by atoms with van der Waals surface area (Å²) in [4.78, 5) is 21.5. The number of Topliss-reactive ketones (excluding diaryl/α,β-unsaturated/α-hetero) is 1. The number of ketones is 1. The van der Waals surface area contributed by atoms with Crippen LogP contribution in [0.15, 0.2) is 30.3 Å². The van der Waals surface area contributed by atoms with Crippen LogP contribution in [0, 0.1) is 0 Å². The summed E-state index contributed by atoms with van der Waals surface area (Å²) < 4.78 is 0. The van der Waals surface area contributed by atoms with Crippen molar-refractivity contribution in [3.8, 4) is 0 Å². The average Bonchev–Trinajstić information content (AvgIpc) is 2.27. The van der Waals surface area contributed by atoms with E-state index < -0.39 is 6.09 Å². The number of carbonyl (C=O) groups is 2. The number of hydrogen-bond acceptors (Lipinski definition) is 2. The van der Waals surface area contributed by atoms with Gasteiger partial charge in [-0.1, -0.05) is 30.3 Å². The number of rotatable bonds is 6. The van der Waals surface area contributed by atoms with Crippen LogP contribution < -0.4 is 5.32 Å². The van der Waals surface area contributed by atoms with Gasteiger partial charge in [-0.05, 0) is 12.0 Å². The van der Waals surface area contributed by atoms with E-state index in [-0.39, 0.29) is 18.7 Å². The molecule has 0 bridgehead atoms. The van der Waals surface area contributed by atoms with Gasteiger partial charge in [-0.3, -0.25) is 4.79 Å². The number of amides is 1. The van der Waals surface area contributed by atoms with Crippen molar-refractivity contribution in [3.63, 3.8) is 0 Å². The van der Waals surface area contributed by atoms with Crippen LogP contribution in [0.1, 0.15) is 18.4 Å². The van der Waals surface area contributed by atoms with E-state index in [9.17, 15) is 9.59 Å². The van der Waals surface area contributed by atoms with Crippen molar-refractivity contribution in [3.05, 3.63) is 35.9 Å². The highest BCUT2D eigenvalue weighted by molar-refractivity contribution is 5.79. The van der Waals surface area contributed by atoms with E-state index in [1.165, 1.54) is 0 Å². The molecule has 0 unspecified atom stereocenters. The second-order valence-corrected chi connectivity index (χ2v) is 3.51. The summed E-state index contributed by atoms with van der Waals surface area (Å²) >= 11 is 0. The molecule has 2 N–H and O–H groups in total. The first-order chi connectivity index (χ1) is 7.68. The zero-order chi connectivity index (χ0) is 11.8. The lowest BCUT2D eigenvalue weighted by molar-refractivity contribution is -0.118. The highest BCUT2D eigenvalue weighted by Crippen LogP contribution is 2.03. The summed E-state index contributed by atoms with van der Waals surface area (Å²) in [6.45, 7) is 0.197. The minimum Gasteiger partial charge on any atom is -0.465 e. The molecule has 0 heterocycles. The number of nitrogens with one attached hydrogen (secondary N) is 1. The Bertz CT molecular complexity index is 349. The van der Waals surface area contributed by atoms with Crippen LogP contribution in [-0.4, -0.2) is 23.5 Å². The minimum atomic E-state index is -1.09. The molecule has 0 aliphatic rings. The summed E-state index contributed by atoms with van der Waals surface area (Å²) in [6.07, 6.45) is 0.354. The van der Waals surface area contributed by atoms with Crippen LogP contribution in [-0.2, 0) is 11.2 Å². The van der Waals surface area contributed by atoms with Gasteiger partial charge in [0.15, 0.2) is 0 Å². The zero-order valence-corrected chi connectivity index (χ0v) is 8.98. The van der Waals surface area contributed by atoms with Gasteiger partial charge in [-0.25, -0.2) is 4.79 Å². The summed E-state index contributed by atoms with van der Waals surface area (Å²) in [6, 6.07) is 9.76. The van der Waals surface area contributed by atoms with Crippen LogP contribution in [0.25, 0.3) is 0 Å². The van der Waals surface area contributed by atoms with E-state index in [2.05, 4.69) is 5.32 Å². The zero-order valence-electron chi connectivity index (χ0n) is 8.98. The molecular weight excluding hydrogens is 206 g/mol.